The molecule has 0 aromatic heterocycles. The molecular weight excluding hydrogens is 455 g/mol. The minimum absolute atomic E-state index is 0.346. The van der Waals surface area contributed by atoms with Crippen LogP contribution >= 0.6 is 0 Å². The first-order chi connectivity index (χ1) is 16.5. The number of alkyl halides is 3. The summed E-state index contributed by atoms with van der Waals surface area (Å²) in [5.41, 5.74) is 1.51. The van der Waals surface area contributed by atoms with Gasteiger partial charge in [-0.2, -0.15) is 13.2 Å². The van der Waals surface area contributed by atoms with Crippen LogP contribution in [0.5, 0.6) is 11.5 Å². The summed E-state index contributed by atoms with van der Waals surface area (Å²) in [6.45, 7) is 3.75. The fourth-order valence-electron chi connectivity index (χ4n) is 3.70. The Kier molecular flexibility index (Phi) is 6.43. The summed E-state index contributed by atoms with van der Waals surface area (Å²) in [5.74, 6) is 0.825. The molecule has 0 fully saturated rings. The Morgan fingerprint density at radius 2 is 1.80 bits per heavy atom. The zero-order chi connectivity index (χ0) is 25.2. The number of carbonyl (C=O) groups is 1. The van der Waals surface area contributed by atoms with Crippen molar-refractivity contribution >= 4 is 23.7 Å². The molecule has 1 heterocycles. The van der Waals surface area contributed by atoms with E-state index in [2.05, 4.69) is 5.32 Å². The minimum atomic E-state index is -4.47. The highest BCUT2D eigenvalue weighted by Crippen LogP contribution is 2.42. The molecule has 1 aliphatic heterocycles. The van der Waals surface area contributed by atoms with E-state index in [4.69, 9.17) is 9.47 Å². The number of methoxy groups -OCH3 is 1. The molecule has 0 saturated heterocycles. The Labute approximate surface area is 201 Å². The van der Waals surface area contributed by atoms with Crippen molar-refractivity contribution < 1.29 is 27.4 Å². The summed E-state index contributed by atoms with van der Waals surface area (Å²) in [5, 5.41) is 2.76. The van der Waals surface area contributed by atoms with Crippen molar-refractivity contribution in [1.82, 2.24) is 0 Å². The van der Waals surface area contributed by atoms with Gasteiger partial charge in [0.25, 0.3) is 0 Å². The van der Waals surface area contributed by atoms with Gasteiger partial charge in [0.15, 0.2) is 0 Å². The largest absolute Gasteiger partial charge is 0.497 e. The number of benzene rings is 3. The summed E-state index contributed by atoms with van der Waals surface area (Å²) in [4.78, 5) is 12.4. The van der Waals surface area contributed by atoms with Crippen LogP contribution in [0.2, 0.25) is 0 Å². The van der Waals surface area contributed by atoms with Gasteiger partial charge in [-0.25, -0.2) is 0 Å². The normalized spacial score (nSPS) is 14.3. The van der Waals surface area contributed by atoms with E-state index in [1.54, 1.807) is 49.6 Å². The van der Waals surface area contributed by atoms with Crippen LogP contribution in [0.15, 0.2) is 72.8 Å². The van der Waals surface area contributed by atoms with Crippen molar-refractivity contribution in [3.8, 4) is 22.6 Å². The van der Waals surface area contributed by atoms with E-state index in [9.17, 15) is 18.0 Å². The highest BCUT2D eigenvalue weighted by atomic mass is 19.4. The van der Waals surface area contributed by atoms with Crippen LogP contribution in [0, 0.1) is 0 Å². The number of anilines is 1. The average Bonchev–Trinajstić information content (AvgIpc) is 2.82. The molecule has 1 aliphatic rings. The Hall–Kier alpha value is -4.00. The van der Waals surface area contributed by atoms with Crippen molar-refractivity contribution in [3.05, 3.63) is 89.5 Å². The molecule has 1 amide bonds. The molecule has 7 heteroatoms. The van der Waals surface area contributed by atoms with Gasteiger partial charge >= 0.3 is 6.18 Å². The quantitative estimate of drug-likeness (QED) is 0.393. The summed E-state index contributed by atoms with van der Waals surface area (Å²) in [7, 11) is 1.56. The number of carbonyl (C=O) groups excluding carboxylic acids is 1. The monoisotopic (exact) mass is 479 g/mol. The molecule has 3 aromatic rings. The lowest BCUT2D eigenvalue weighted by atomic mass is 9.93. The van der Waals surface area contributed by atoms with Crippen LogP contribution in [0.4, 0.5) is 18.9 Å². The SMILES string of the molecule is COc1ccc(NC(=O)C=Cc2cc3c(c(-c4cccc(C(F)(F)F)c4)c2)OC(C)(C)C=C3)cc1. The molecule has 0 radical (unpaired) electrons. The van der Waals surface area contributed by atoms with E-state index >= 15 is 0 Å². The minimum Gasteiger partial charge on any atom is -0.497 e. The fourth-order valence-corrected chi connectivity index (χ4v) is 3.70. The van der Waals surface area contributed by atoms with Crippen molar-refractivity contribution in [2.45, 2.75) is 25.6 Å². The van der Waals surface area contributed by atoms with Crippen molar-refractivity contribution in [1.29, 1.82) is 0 Å². The molecule has 1 N–H and O–H groups in total. The number of hydrogen-bond acceptors (Lipinski definition) is 3. The third-order valence-corrected chi connectivity index (χ3v) is 5.45. The molecule has 35 heavy (non-hydrogen) atoms. The van der Waals surface area contributed by atoms with Gasteiger partial charge in [0.2, 0.25) is 5.91 Å². The molecule has 0 aliphatic carbocycles. The van der Waals surface area contributed by atoms with Gasteiger partial charge in [-0.3, -0.25) is 4.79 Å². The zero-order valence-corrected chi connectivity index (χ0v) is 19.4. The number of amides is 1. The Morgan fingerprint density at radius 3 is 2.49 bits per heavy atom. The summed E-state index contributed by atoms with van der Waals surface area (Å²) >= 11 is 0. The molecule has 4 rings (SSSR count). The van der Waals surface area contributed by atoms with Gasteiger partial charge in [0, 0.05) is 22.9 Å². The van der Waals surface area contributed by atoms with E-state index in [0.717, 1.165) is 17.7 Å². The lowest BCUT2D eigenvalue weighted by Crippen LogP contribution is -2.27. The molecule has 0 spiro atoms. The number of ether oxygens (including phenoxy) is 2. The van der Waals surface area contributed by atoms with E-state index < -0.39 is 17.3 Å². The smallest absolute Gasteiger partial charge is 0.416 e. The third-order valence-electron chi connectivity index (χ3n) is 5.45. The second kappa shape index (κ2) is 9.33. The highest BCUT2D eigenvalue weighted by molar-refractivity contribution is 6.02. The van der Waals surface area contributed by atoms with Gasteiger partial charge in [0.1, 0.15) is 17.1 Å². The molecule has 0 bridgehead atoms. The van der Waals surface area contributed by atoms with Gasteiger partial charge in [-0.1, -0.05) is 18.2 Å². The number of nitrogens with one attached hydrogen (secondary N) is 1. The molecule has 0 saturated carbocycles. The lowest BCUT2D eigenvalue weighted by molar-refractivity contribution is -0.137. The van der Waals surface area contributed by atoms with Crippen LogP contribution < -0.4 is 14.8 Å². The van der Waals surface area contributed by atoms with Crippen molar-refractivity contribution in [3.63, 3.8) is 0 Å². The molecular formula is C28H24F3NO3. The maximum Gasteiger partial charge on any atom is 0.416 e. The Balaban J connectivity index is 1.68. The van der Waals surface area contributed by atoms with Gasteiger partial charge in [0.05, 0.1) is 12.7 Å². The Morgan fingerprint density at radius 1 is 1.06 bits per heavy atom. The van der Waals surface area contributed by atoms with Gasteiger partial charge in [-0.05, 0) is 85.7 Å². The summed E-state index contributed by atoms with van der Waals surface area (Å²) in [6.07, 6.45) is 2.29. The fraction of sp³-hybridized carbons (Fsp3) is 0.179. The number of rotatable bonds is 5. The first kappa shape index (κ1) is 24.1. The molecule has 180 valence electrons. The molecule has 3 aromatic carbocycles. The van der Waals surface area contributed by atoms with E-state index in [-0.39, 0.29) is 5.91 Å². The number of fused-ring (bicyclic) bond motifs is 1. The molecule has 0 atom stereocenters. The van der Waals surface area contributed by atoms with Crippen molar-refractivity contribution in [2.24, 2.45) is 0 Å². The second-order valence-corrected chi connectivity index (χ2v) is 8.66. The predicted molar refractivity (Wildman–Crippen MR) is 131 cm³/mol. The number of halogens is 3. The highest BCUT2D eigenvalue weighted by Gasteiger charge is 2.31. The summed E-state index contributed by atoms with van der Waals surface area (Å²) < 4.78 is 51.3. The first-order valence-corrected chi connectivity index (χ1v) is 10.9. The van der Waals surface area contributed by atoms with Crippen LogP contribution in [0.25, 0.3) is 23.3 Å². The first-order valence-electron chi connectivity index (χ1n) is 10.9. The van der Waals surface area contributed by atoms with E-state index in [1.165, 1.54) is 12.1 Å². The van der Waals surface area contributed by atoms with Crippen molar-refractivity contribution in [2.75, 3.05) is 12.4 Å². The average molecular weight is 479 g/mol. The summed E-state index contributed by atoms with van der Waals surface area (Å²) in [6, 6.07) is 15.6. The van der Waals surface area contributed by atoms with Crippen LogP contribution in [0.1, 0.15) is 30.5 Å². The predicted octanol–water partition coefficient (Wildman–Crippen LogP) is 7.22. The molecule has 0 unspecified atom stereocenters. The van der Waals surface area contributed by atoms with E-state index in [1.807, 2.05) is 32.1 Å². The second-order valence-electron chi connectivity index (χ2n) is 8.66. The van der Waals surface area contributed by atoms with Crippen LogP contribution in [0.3, 0.4) is 0 Å². The lowest BCUT2D eigenvalue weighted by Gasteiger charge is -2.30. The number of hydrogen-bond donors (Lipinski definition) is 1. The third kappa shape index (κ3) is 5.74. The zero-order valence-electron chi connectivity index (χ0n) is 19.4. The van der Waals surface area contributed by atoms with Gasteiger partial charge < -0.3 is 14.8 Å². The maximum atomic E-state index is 13.4. The van der Waals surface area contributed by atoms with E-state index in [0.29, 0.717) is 33.9 Å². The topological polar surface area (TPSA) is 47.6 Å². The standard InChI is InChI=1S/C28H24F3NO3/c1-27(2)14-13-20-15-18(7-12-25(33)32-22-8-10-23(34-3)11-9-22)16-24(26(20)35-27)19-5-4-6-21(17-19)28(29,30)31/h4-17H,1-3H3,(H,32,33). The van der Waals surface area contributed by atoms with Crippen LogP contribution in [-0.4, -0.2) is 18.6 Å². The Bertz CT molecular complexity index is 1310. The van der Waals surface area contributed by atoms with Crippen LogP contribution in [-0.2, 0) is 11.0 Å². The molecule has 4 nitrogen and oxygen atoms in total. The van der Waals surface area contributed by atoms with Gasteiger partial charge in [-0.15, -0.1) is 0 Å². The maximum absolute atomic E-state index is 13.4.